The third-order valence-corrected chi connectivity index (χ3v) is 5.57. The molecule has 2 aliphatic heterocycles. The standard InChI is InChI=1S/C12H15NO2S2/c14-6-8-4-13(5-8)12(15)11-3-9-7-16-2-1-10(9)17-11/h3,8,14H,1-2,4-7H2. The molecule has 0 spiro atoms. The van der Waals surface area contributed by atoms with E-state index >= 15 is 0 Å². The Bertz CT molecular complexity index is 414. The Kier molecular flexibility index (Phi) is 3.15. The monoisotopic (exact) mass is 269 g/mol. The molecular formula is C12H15NO2S2. The number of thioether (sulfide) groups is 1. The lowest BCUT2D eigenvalue weighted by Gasteiger charge is -2.37. The van der Waals surface area contributed by atoms with E-state index in [-0.39, 0.29) is 12.5 Å². The zero-order valence-electron chi connectivity index (χ0n) is 9.52. The molecule has 0 aromatic carbocycles. The van der Waals surface area contributed by atoms with Gasteiger partial charge in [-0.25, -0.2) is 0 Å². The second kappa shape index (κ2) is 4.63. The summed E-state index contributed by atoms with van der Waals surface area (Å²) in [5, 5.41) is 8.95. The third-order valence-electron chi connectivity index (χ3n) is 3.34. The van der Waals surface area contributed by atoms with Crippen molar-refractivity contribution in [2.24, 2.45) is 5.92 Å². The minimum absolute atomic E-state index is 0.152. The van der Waals surface area contributed by atoms with Gasteiger partial charge in [0.15, 0.2) is 0 Å². The van der Waals surface area contributed by atoms with Crippen LogP contribution in [0.2, 0.25) is 0 Å². The van der Waals surface area contributed by atoms with Gasteiger partial charge in [-0.2, -0.15) is 11.8 Å². The zero-order chi connectivity index (χ0) is 11.8. The summed E-state index contributed by atoms with van der Waals surface area (Å²) >= 11 is 3.61. The van der Waals surface area contributed by atoms with Crippen molar-refractivity contribution in [1.29, 1.82) is 0 Å². The highest BCUT2D eigenvalue weighted by molar-refractivity contribution is 7.98. The van der Waals surface area contributed by atoms with Gasteiger partial charge < -0.3 is 10.0 Å². The summed E-state index contributed by atoms with van der Waals surface area (Å²) in [4.78, 5) is 16.3. The van der Waals surface area contributed by atoms with Crippen LogP contribution < -0.4 is 0 Å². The molecule has 1 aromatic heterocycles. The molecule has 1 N–H and O–H groups in total. The number of hydrogen-bond donors (Lipinski definition) is 1. The van der Waals surface area contributed by atoms with E-state index in [9.17, 15) is 4.79 Å². The van der Waals surface area contributed by atoms with Gasteiger partial charge in [-0.1, -0.05) is 0 Å². The van der Waals surface area contributed by atoms with Crippen molar-refractivity contribution in [2.45, 2.75) is 12.2 Å². The first kappa shape index (κ1) is 11.6. The Morgan fingerprint density at radius 1 is 1.53 bits per heavy atom. The van der Waals surface area contributed by atoms with Crippen LogP contribution in [0.4, 0.5) is 0 Å². The normalized spacial score (nSPS) is 19.9. The second-order valence-electron chi connectivity index (χ2n) is 4.62. The van der Waals surface area contributed by atoms with Crippen LogP contribution >= 0.6 is 23.1 Å². The number of nitrogens with zero attached hydrogens (tertiary/aromatic N) is 1. The topological polar surface area (TPSA) is 40.5 Å². The maximum Gasteiger partial charge on any atom is 0.263 e. The van der Waals surface area contributed by atoms with Gasteiger partial charge in [0, 0.05) is 36.2 Å². The fourth-order valence-electron chi connectivity index (χ4n) is 2.26. The third kappa shape index (κ3) is 2.11. The summed E-state index contributed by atoms with van der Waals surface area (Å²) in [7, 11) is 0. The minimum atomic E-state index is 0.152. The number of thiophene rings is 1. The lowest BCUT2D eigenvalue weighted by Crippen LogP contribution is -2.51. The molecule has 92 valence electrons. The lowest BCUT2D eigenvalue weighted by atomic mass is 10.0. The molecule has 2 aliphatic rings. The van der Waals surface area contributed by atoms with Gasteiger partial charge in [-0.3, -0.25) is 4.79 Å². The smallest absolute Gasteiger partial charge is 0.263 e. The molecule has 0 bridgehead atoms. The number of aliphatic hydroxyl groups is 1. The van der Waals surface area contributed by atoms with Crippen LogP contribution in [0.25, 0.3) is 0 Å². The molecule has 0 aliphatic carbocycles. The fraction of sp³-hybridized carbons (Fsp3) is 0.583. The predicted molar refractivity (Wildman–Crippen MR) is 70.7 cm³/mol. The van der Waals surface area contributed by atoms with Gasteiger partial charge in [-0.05, 0) is 23.8 Å². The first-order chi connectivity index (χ1) is 8.28. The number of fused-ring (bicyclic) bond motifs is 1. The second-order valence-corrected chi connectivity index (χ2v) is 6.86. The first-order valence-corrected chi connectivity index (χ1v) is 7.84. The molecule has 1 fully saturated rings. The summed E-state index contributed by atoms with van der Waals surface area (Å²) in [5.74, 6) is 2.68. The van der Waals surface area contributed by atoms with E-state index in [1.807, 2.05) is 16.7 Å². The van der Waals surface area contributed by atoms with Crippen molar-refractivity contribution in [2.75, 3.05) is 25.4 Å². The number of amides is 1. The molecule has 1 saturated heterocycles. The summed E-state index contributed by atoms with van der Waals surface area (Å²) in [6.07, 6.45) is 1.11. The summed E-state index contributed by atoms with van der Waals surface area (Å²) in [5.41, 5.74) is 1.36. The van der Waals surface area contributed by atoms with Crippen LogP contribution in [0.5, 0.6) is 0 Å². The molecular weight excluding hydrogens is 254 g/mol. The van der Waals surface area contributed by atoms with Crippen molar-refractivity contribution >= 4 is 29.0 Å². The Morgan fingerprint density at radius 3 is 3.06 bits per heavy atom. The number of likely N-dealkylation sites (tertiary alicyclic amines) is 1. The van der Waals surface area contributed by atoms with Gasteiger partial charge >= 0.3 is 0 Å². The Balaban J connectivity index is 1.72. The van der Waals surface area contributed by atoms with Gasteiger partial charge in [0.25, 0.3) is 5.91 Å². The van der Waals surface area contributed by atoms with E-state index < -0.39 is 0 Å². The molecule has 0 atom stereocenters. The lowest BCUT2D eigenvalue weighted by molar-refractivity contribution is 0.0366. The van der Waals surface area contributed by atoms with Gasteiger partial charge in [0.05, 0.1) is 4.88 Å². The highest BCUT2D eigenvalue weighted by Gasteiger charge is 2.31. The van der Waals surface area contributed by atoms with Crippen LogP contribution in [0.3, 0.4) is 0 Å². The SMILES string of the molecule is O=C(c1cc2c(s1)CCSC2)N1CC(CO)C1. The van der Waals surface area contributed by atoms with Crippen molar-refractivity contribution in [3.05, 3.63) is 21.4 Å². The van der Waals surface area contributed by atoms with Crippen molar-refractivity contribution < 1.29 is 9.90 Å². The van der Waals surface area contributed by atoms with Crippen LogP contribution in [0.15, 0.2) is 6.07 Å². The molecule has 1 aromatic rings. The van der Waals surface area contributed by atoms with Crippen LogP contribution in [0, 0.1) is 5.92 Å². The van der Waals surface area contributed by atoms with Crippen LogP contribution in [0.1, 0.15) is 20.1 Å². The van der Waals surface area contributed by atoms with Gasteiger partial charge in [0.2, 0.25) is 0 Å². The molecule has 3 rings (SSSR count). The number of carbonyl (C=O) groups is 1. The Labute approximate surface area is 109 Å². The van der Waals surface area contributed by atoms with Crippen LogP contribution in [-0.4, -0.2) is 41.4 Å². The highest BCUT2D eigenvalue weighted by atomic mass is 32.2. The van der Waals surface area contributed by atoms with Crippen molar-refractivity contribution in [1.82, 2.24) is 4.90 Å². The average Bonchev–Trinajstić information content (AvgIpc) is 2.71. The maximum absolute atomic E-state index is 12.2. The van der Waals surface area contributed by atoms with E-state index in [1.165, 1.54) is 16.2 Å². The van der Waals surface area contributed by atoms with E-state index in [4.69, 9.17) is 5.11 Å². The highest BCUT2D eigenvalue weighted by Crippen LogP contribution is 2.33. The summed E-state index contributed by atoms with van der Waals surface area (Å²) in [6.45, 7) is 1.63. The largest absolute Gasteiger partial charge is 0.396 e. The molecule has 3 heterocycles. The zero-order valence-corrected chi connectivity index (χ0v) is 11.1. The molecule has 0 saturated carbocycles. The Morgan fingerprint density at radius 2 is 2.35 bits per heavy atom. The molecule has 5 heteroatoms. The van der Waals surface area contributed by atoms with E-state index in [0.717, 1.165) is 17.1 Å². The summed E-state index contributed by atoms with van der Waals surface area (Å²) < 4.78 is 0. The molecule has 0 radical (unpaired) electrons. The molecule has 3 nitrogen and oxygen atoms in total. The Hall–Kier alpha value is -0.520. The average molecular weight is 269 g/mol. The molecule has 0 unspecified atom stereocenters. The number of carbonyl (C=O) groups excluding carboxylic acids is 1. The number of rotatable bonds is 2. The fourth-order valence-corrected chi connectivity index (χ4v) is 4.60. The molecule has 17 heavy (non-hydrogen) atoms. The minimum Gasteiger partial charge on any atom is -0.396 e. The van der Waals surface area contributed by atoms with Crippen molar-refractivity contribution in [3.63, 3.8) is 0 Å². The quantitative estimate of drug-likeness (QED) is 0.886. The molecule has 1 amide bonds. The van der Waals surface area contributed by atoms with E-state index in [0.29, 0.717) is 19.0 Å². The summed E-state index contributed by atoms with van der Waals surface area (Å²) in [6, 6.07) is 2.07. The van der Waals surface area contributed by atoms with E-state index in [2.05, 4.69) is 6.07 Å². The van der Waals surface area contributed by atoms with E-state index in [1.54, 1.807) is 11.3 Å². The maximum atomic E-state index is 12.2. The van der Waals surface area contributed by atoms with Crippen molar-refractivity contribution in [3.8, 4) is 0 Å². The predicted octanol–water partition coefficient (Wildman–Crippen LogP) is 1.60. The van der Waals surface area contributed by atoms with Gasteiger partial charge in [-0.15, -0.1) is 11.3 Å². The first-order valence-electron chi connectivity index (χ1n) is 5.87. The number of aryl methyl sites for hydroxylation is 1. The number of aliphatic hydroxyl groups excluding tert-OH is 1. The number of hydrogen-bond acceptors (Lipinski definition) is 4. The van der Waals surface area contributed by atoms with Crippen LogP contribution in [-0.2, 0) is 12.2 Å². The van der Waals surface area contributed by atoms with Gasteiger partial charge in [0.1, 0.15) is 0 Å².